The Morgan fingerprint density at radius 2 is 1.65 bits per heavy atom. The number of para-hydroxylation sites is 1. The summed E-state index contributed by atoms with van der Waals surface area (Å²) in [6.45, 7) is 2.03. The molecule has 2 heterocycles. The van der Waals surface area contributed by atoms with E-state index in [1.54, 1.807) is 30.6 Å². The Bertz CT molecular complexity index is 1620. The zero-order chi connectivity index (χ0) is 28.1. The molecule has 0 aliphatic heterocycles. The van der Waals surface area contributed by atoms with Crippen molar-refractivity contribution in [2.75, 3.05) is 0 Å². The van der Waals surface area contributed by atoms with Gasteiger partial charge in [0.05, 0.1) is 11.3 Å². The molecular weight excluding hydrogens is 535 g/mol. The minimum Gasteiger partial charge on any atom is -0.348 e. The zero-order valence-electron chi connectivity index (χ0n) is 21.4. The third kappa shape index (κ3) is 6.23. The number of rotatable bonds is 8. The largest absolute Gasteiger partial charge is 0.416 e. The monoisotopic (exact) mass is 559 g/mol. The van der Waals surface area contributed by atoms with E-state index in [0.29, 0.717) is 22.7 Å². The molecule has 0 saturated heterocycles. The average molecular weight is 560 g/mol. The van der Waals surface area contributed by atoms with E-state index in [0.717, 1.165) is 39.7 Å². The predicted octanol–water partition coefficient (Wildman–Crippen LogP) is 6.88. The lowest BCUT2D eigenvalue weighted by atomic mass is 10.1. The number of amides is 1. The van der Waals surface area contributed by atoms with Crippen LogP contribution in [0.3, 0.4) is 0 Å². The van der Waals surface area contributed by atoms with Crippen LogP contribution in [-0.4, -0.2) is 25.7 Å². The number of carbonyl (C=O) groups excluding carboxylic acids is 1. The van der Waals surface area contributed by atoms with Gasteiger partial charge < -0.3 is 5.32 Å². The smallest absolute Gasteiger partial charge is 0.348 e. The van der Waals surface area contributed by atoms with Crippen molar-refractivity contribution >= 4 is 17.7 Å². The number of aryl methyl sites for hydroxylation is 1. The zero-order valence-corrected chi connectivity index (χ0v) is 22.2. The van der Waals surface area contributed by atoms with Crippen molar-refractivity contribution in [3.8, 4) is 17.1 Å². The van der Waals surface area contributed by atoms with Crippen LogP contribution >= 0.6 is 11.8 Å². The molecule has 6 nitrogen and oxygen atoms in total. The highest BCUT2D eigenvalue weighted by Gasteiger charge is 2.30. The van der Waals surface area contributed by atoms with Crippen LogP contribution in [0.2, 0.25) is 0 Å². The maximum Gasteiger partial charge on any atom is 0.416 e. The van der Waals surface area contributed by atoms with Crippen LogP contribution in [0, 0.1) is 6.92 Å². The van der Waals surface area contributed by atoms with Crippen molar-refractivity contribution in [3.63, 3.8) is 0 Å². The fourth-order valence-corrected chi connectivity index (χ4v) is 5.03. The van der Waals surface area contributed by atoms with E-state index >= 15 is 0 Å². The summed E-state index contributed by atoms with van der Waals surface area (Å²) in [7, 11) is 0. The number of carbonyl (C=O) groups is 1. The van der Waals surface area contributed by atoms with Gasteiger partial charge in [-0.25, -0.2) is 0 Å². The fraction of sp³-hybridized carbons (Fsp3) is 0.133. The minimum atomic E-state index is -4.43. The Morgan fingerprint density at radius 3 is 2.38 bits per heavy atom. The molecule has 0 spiro atoms. The number of benzene rings is 3. The minimum absolute atomic E-state index is 0.00523. The highest BCUT2D eigenvalue weighted by atomic mass is 32.2. The van der Waals surface area contributed by atoms with Gasteiger partial charge in [0.15, 0.2) is 11.0 Å². The molecule has 0 fully saturated rings. The number of pyridine rings is 1. The van der Waals surface area contributed by atoms with Gasteiger partial charge in [-0.1, -0.05) is 54.2 Å². The number of hydrogen-bond acceptors (Lipinski definition) is 5. The Balaban J connectivity index is 1.27. The first kappa shape index (κ1) is 27.1. The van der Waals surface area contributed by atoms with E-state index in [1.807, 2.05) is 60.0 Å². The molecule has 0 saturated carbocycles. The molecule has 1 N–H and O–H groups in total. The molecule has 0 bridgehead atoms. The second-order valence-corrected chi connectivity index (χ2v) is 9.97. The number of alkyl halides is 3. The first-order chi connectivity index (χ1) is 19.3. The van der Waals surface area contributed by atoms with E-state index in [-0.39, 0.29) is 12.5 Å². The molecule has 0 radical (unpaired) electrons. The lowest BCUT2D eigenvalue weighted by Crippen LogP contribution is -2.23. The maximum atomic E-state index is 12.9. The molecule has 10 heteroatoms. The van der Waals surface area contributed by atoms with Gasteiger partial charge in [-0.15, -0.1) is 10.2 Å². The van der Waals surface area contributed by atoms with Gasteiger partial charge in [-0.05, 0) is 66.1 Å². The molecule has 5 aromatic rings. The summed E-state index contributed by atoms with van der Waals surface area (Å²) < 4.78 is 40.9. The predicted molar refractivity (Wildman–Crippen MR) is 148 cm³/mol. The standard InChI is InChI=1S/C30H24F3N5OS/c1-20-5-2-3-8-26(20)38-27(23-13-15-34-16-14-23)36-37-29(38)40-19-21-9-11-24(12-10-21)28(39)35-18-22-6-4-7-25(17-22)30(31,32)33/h2-17H,18-19H2,1H3,(H,35,39). The summed E-state index contributed by atoms with van der Waals surface area (Å²) >= 11 is 1.53. The van der Waals surface area contributed by atoms with Crippen molar-refractivity contribution < 1.29 is 18.0 Å². The molecular formula is C30H24F3N5OS. The van der Waals surface area contributed by atoms with Crippen LogP contribution in [0.1, 0.15) is 32.6 Å². The Morgan fingerprint density at radius 1 is 0.900 bits per heavy atom. The summed E-state index contributed by atoms with van der Waals surface area (Å²) in [5.41, 5.74) is 3.99. The van der Waals surface area contributed by atoms with Gasteiger partial charge in [0.1, 0.15) is 0 Å². The molecule has 0 unspecified atom stereocenters. The van der Waals surface area contributed by atoms with Crippen LogP contribution < -0.4 is 5.32 Å². The Kier molecular flexibility index (Phi) is 7.97. The SMILES string of the molecule is Cc1ccccc1-n1c(SCc2ccc(C(=O)NCc3cccc(C(F)(F)F)c3)cc2)nnc1-c1ccncc1. The molecule has 5 rings (SSSR count). The van der Waals surface area contributed by atoms with E-state index < -0.39 is 11.7 Å². The van der Waals surface area contributed by atoms with E-state index in [4.69, 9.17) is 0 Å². The molecule has 40 heavy (non-hydrogen) atoms. The molecule has 3 aromatic carbocycles. The summed E-state index contributed by atoms with van der Waals surface area (Å²) in [4.78, 5) is 16.7. The second kappa shape index (κ2) is 11.7. The third-order valence-corrected chi connectivity index (χ3v) is 7.22. The van der Waals surface area contributed by atoms with Gasteiger partial charge in [-0.2, -0.15) is 13.2 Å². The Labute approximate surface area is 233 Å². The van der Waals surface area contributed by atoms with E-state index in [9.17, 15) is 18.0 Å². The lowest BCUT2D eigenvalue weighted by Gasteiger charge is -2.13. The molecule has 2 aromatic heterocycles. The maximum absolute atomic E-state index is 12.9. The fourth-order valence-electron chi connectivity index (χ4n) is 4.13. The van der Waals surface area contributed by atoms with Gasteiger partial charge in [0.2, 0.25) is 0 Å². The number of nitrogens with zero attached hydrogens (tertiary/aromatic N) is 4. The number of halogens is 3. The van der Waals surface area contributed by atoms with Crippen LogP contribution in [0.15, 0.2) is 102 Å². The molecule has 202 valence electrons. The molecule has 0 aliphatic carbocycles. The number of nitrogens with one attached hydrogen (secondary N) is 1. The quantitative estimate of drug-likeness (QED) is 0.210. The first-order valence-electron chi connectivity index (χ1n) is 12.4. The third-order valence-electron chi connectivity index (χ3n) is 6.22. The molecule has 0 aliphatic rings. The van der Waals surface area contributed by atoms with Crippen molar-refractivity contribution in [1.29, 1.82) is 0 Å². The normalized spacial score (nSPS) is 11.4. The van der Waals surface area contributed by atoms with Crippen molar-refractivity contribution in [2.24, 2.45) is 0 Å². The second-order valence-electron chi connectivity index (χ2n) is 9.03. The van der Waals surface area contributed by atoms with Crippen molar-refractivity contribution in [3.05, 3.63) is 125 Å². The van der Waals surface area contributed by atoms with Gasteiger partial charge >= 0.3 is 6.18 Å². The van der Waals surface area contributed by atoms with E-state index in [2.05, 4.69) is 20.5 Å². The van der Waals surface area contributed by atoms with E-state index in [1.165, 1.54) is 17.8 Å². The average Bonchev–Trinajstić information content (AvgIpc) is 3.39. The lowest BCUT2D eigenvalue weighted by molar-refractivity contribution is -0.137. The summed E-state index contributed by atoms with van der Waals surface area (Å²) in [5, 5.41) is 12.3. The van der Waals surface area contributed by atoms with Crippen LogP contribution in [0.4, 0.5) is 13.2 Å². The van der Waals surface area contributed by atoms with Gasteiger partial charge in [-0.3, -0.25) is 14.3 Å². The first-order valence-corrected chi connectivity index (χ1v) is 13.4. The van der Waals surface area contributed by atoms with Crippen LogP contribution in [0.5, 0.6) is 0 Å². The number of thioether (sulfide) groups is 1. The Hall–Kier alpha value is -4.44. The number of hydrogen-bond donors (Lipinski definition) is 1. The van der Waals surface area contributed by atoms with Gasteiger partial charge in [0, 0.05) is 35.8 Å². The highest BCUT2D eigenvalue weighted by molar-refractivity contribution is 7.98. The molecule has 0 atom stereocenters. The van der Waals surface area contributed by atoms with Crippen LogP contribution in [-0.2, 0) is 18.5 Å². The number of aromatic nitrogens is 4. The topological polar surface area (TPSA) is 72.7 Å². The summed E-state index contributed by atoms with van der Waals surface area (Å²) in [5.74, 6) is 0.942. The van der Waals surface area contributed by atoms with Crippen LogP contribution in [0.25, 0.3) is 17.1 Å². The van der Waals surface area contributed by atoms with Gasteiger partial charge in [0.25, 0.3) is 5.91 Å². The highest BCUT2D eigenvalue weighted by Crippen LogP contribution is 2.31. The van der Waals surface area contributed by atoms with Crippen molar-refractivity contribution in [2.45, 2.75) is 30.6 Å². The summed E-state index contributed by atoms with van der Waals surface area (Å²) in [6.07, 6.45) is -0.992. The summed E-state index contributed by atoms with van der Waals surface area (Å²) in [6, 6.07) is 23.8. The molecule has 1 amide bonds. The van der Waals surface area contributed by atoms with Crippen molar-refractivity contribution in [1.82, 2.24) is 25.1 Å².